The van der Waals surface area contributed by atoms with Gasteiger partial charge in [0.1, 0.15) is 5.82 Å². The first kappa shape index (κ1) is 26.2. The number of benzene rings is 3. The first-order valence-corrected chi connectivity index (χ1v) is 12.9. The van der Waals surface area contributed by atoms with Gasteiger partial charge in [-0.1, -0.05) is 48.5 Å². The molecule has 1 heterocycles. The van der Waals surface area contributed by atoms with Gasteiger partial charge in [-0.25, -0.2) is 4.39 Å². The maximum atomic E-state index is 13.8. The first-order chi connectivity index (χ1) is 18.2. The lowest BCUT2D eigenvalue weighted by molar-refractivity contribution is -0.137. The number of carbonyl (C=O) groups excluding carboxylic acids is 1. The van der Waals surface area contributed by atoms with Crippen LogP contribution in [0.15, 0.2) is 78.9 Å². The zero-order valence-electron chi connectivity index (χ0n) is 21.3. The van der Waals surface area contributed by atoms with E-state index in [0.717, 1.165) is 43.2 Å². The second-order valence-corrected chi connectivity index (χ2v) is 10.4. The summed E-state index contributed by atoms with van der Waals surface area (Å²) in [4.78, 5) is 19.9. The van der Waals surface area contributed by atoms with Crippen LogP contribution in [0.2, 0.25) is 0 Å². The Bertz CT molecular complexity index is 1260. The van der Waals surface area contributed by atoms with Crippen LogP contribution in [0.1, 0.15) is 23.1 Å². The molecule has 3 aromatic rings. The van der Waals surface area contributed by atoms with Gasteiger partial charge in [0.05, 0.1) is 11.0 Å². The van der Waals surface area contributed by atoms with Gasteiger partial charge in [-0.2, -0.15) is 13.2 Å². The molecule has 38 heavy (non-hydrogen) atoms. The predicted molar refractivity (Wildman–Crippen MR) is 139 cm³/mol. The van der Waals surface area contributed by atoms with Gasteiger partial charge in [-0.05, 0) is 53.8 Å². The Morgan fingerprint density at radius 3 is 2.29 bits per heavy atom. The van der Waals surface area contributed by atoms with Crippen molar-refractivity contribution in [2.75, 3.05) is 44.7 Å². The molecule has 1 aliphatic carbocycles. The van der Waals surface area contributed by atoms with Gasteiger partial charge in [0.25, 0.3) is 0 Å². The summed E-state index contributed by atoms with van der Waals surface area (Å²) in [6, 6.07) is 21.6. The van der Waals surface area contributed by atoms with Gasteiger partial charge in [0.15, 0.2) is 0 Å². The highest BCUT2D eigenvalue weighted by Gasteiger charge is 2.61. The van der Waals surface area contributed by atoms with Crippen molar-refractivity contribution >= 4 is 11.6 Å². The molecule has 2 atom stereocenters. The molecule has 4 nitrogen and oxygen atoms in total. The number of nitrogens with zero attached hydrogens (tertiary/aromatic N) is 3. The number of anilines is 1. The highest BCUT2D eigenvalue weighted by Crippen LogP contribution is 2.56. The highest BCUT2D eigenvalue weighted by atomic mass is 19.4. The van der Waals surface area contributed by atoms with Crippen LogP contribution in [0.3, 0.4) is 0 Å². The predicted octanol–water partition coefficient (Wildman–Crippen LogP) is 5.58. The second kappa shape index (κ2) is 10.4. The van der Waals surface area contributed by atoms with Crippen molar-refractivity contribution in [1.82, 2.24) is 9.80 Å². The van der Waals surface area contributed by atoms with E-state index in [1.165, 1.54) is 24.3 Å². The van der Waals surface area contributed by atoms with Crippen molar-refractivity contribution in [3.05, 3.63) is 101 Å². The standard InChI is InChI=1S/C30H31F4N3O/c1-35(20-22-10-12-26(31)13-11-22)28(38)29(23-6-3-2-4-7-23)19-25(29)21-36-14-16-37(17-15-36)27-9-5-8-24(18-27)30(32,33)34/h2-13,18,25H,14-17,19-21H2,1H3. The molecule has 0 aromatic heterocycles. The Balaban J connectivity index is 1.25. The summed E-state index contributed by atoms with van der Waals surface area (Å²) in [7, 11) is 1.79. The second-order valence-electron chi connectivity index (χ2n) is 10.4. The SMILES string of the molecule is CN(Cc1ccc(F)cc1)C(=O)C1(c2ccccc2)CC1CN1CCN(c2cccc(C(F)(F)F)c2)CC1. The number of alkyl halides is 3. The Morgan fingerprint density at radius 1 is 0.947 bits per heavy atom. The van der Waals surface area contributed by atoms with Crippen LogP contribution in [-0.2, 0) is 22.9 Å². The summed E-state index contributed by atoms with van der Waals surface area (Å²) >= 11 is 0. The molecule has 3 aromatic carbocycles. The number of carbonyl (C=O) groups is 1. The van der Waals surface area contributed by atoms with Crippen molar-refractivity contribution < 1.29 is 22.4 Å². The zero-order valence-corrected chi connectivity index (χ0v) is 21.3. The van der Waals surface area contributed by atoms with E-state index >= 15 is 0 Å². The summed E-state index contributed by atoms with van der Waals surface area (Å²) in [5, 5.41) is 0. The lowest BCUT2D eigenvalue weighted by Gasteiger charge is -2.37. The van der Waals surface area contributed by atoms with Crippen LogP contribution >= 0.6 is 0 Å². The largest absolute Gasteiger partial charge is 0.416 e. The van der Waals surface area contributed by atoms with Gasteiger partial charge in [0.2, 0.25) is 5.91 Å². The third-order valence-electron chi connectivity index (χ3n) is 7.84. The van der Waals surface area contributed by atoms with Gasteiger partial charge in [0, 0.05) is 52.0 Å². The molecule has 0 spiro atoms. The molecule has 1 amide bonds. The molecule has 8 heteroatoms. The summed E-state index contributed by atoms with van der Waals surface area (Å²) in [6.07, 6.45) is -3.61. The number of amides is 1. The van der Waals surface area contributed by atoms with Crippen molar-refractivity contribution in [2.24, 2.45) is 5.92 Å². The Morgan fingerprint density at radius 2 is 1.63 bits per heavy atom. The fourth-order valence-electron chi connectivity index (χ4n) is 5.68. The van der Waals surface area contributed by atoms with E-state index < -0.39 is 17.2 Å². The molecule has 5 rings (SSSR count). The van der Waals surface area contributed by atoms with E-state index in [1.807, 2.05) is 35.2 Å². The van der Waals surface area contributed by atoms with Crippen molar-refractivity contribution in [1.29, 1.82) is 0 Å². The van der Waals surface area contributed by atoms with Crippen molar-refractivity contribution in [3.63, 3.8) is 0 Å². The quantitative estimate of drug-likeness (QED) is 0.377. The monoisotopic (exact) mass is 525 g/mol. The Hall–Kier alpha value is -3.39. The van der Waals surface area contributed by atoms with Gasteiger partial charge >= 0.3 is 6.18 Å². The van der Waals surface area contributed by atoms with Gasteiger partial charge in [-0.3, -0.25) is 9.69 Å². The summed E-state index contributed by atoms with van der Waals surface area (Å²) in [5.74, 6) is -0.104. The normalized spacial score (nSPS) is 21.8. The van der Waals surface area contributed by atoms with Crippen LogP contribution in [0, 0.1) is 11.7 Å². The van der Waals surface area contributed by atoms with E-state index in [1.54, 1.807) is 30.1 Å². The third-order valence-corrected chi connectivity index (χ3v) is 7.84. The van der Waals surface area contributed by atoms with E-state index in [2.05, 4.69) is 4.90 Å². The molecular formula is C30H31F4N3O. The minimum atomic E-state index is -4.36. The maximum Gasteiger partial charge on any atom is 0.416 e. The van der Waals surface area contributed by atoms with Crippen LogP contribution in [0.5, 0.6) is 0 Å². The fourth-order valence-corrected chi connectivity index (χ4v) is 5.68. The summed E-state index contributed by atoms with van der Waals surface area (Å²) in [6.45, 7) is 3.85. The minimum absolute atomic E-state index is 0.0561. The molecule has 1 aliphatic heterocycles. The summed E-state index contributed by atoms with van der Waals surface area (Å²) < 4.78 is 52.8. The number of rotatable bonds is 7. The molecule has 0 bridgehead atoms. The number of hydrogen-bond donors (Lipinski definition) is 0. The van der Waals surface area contributed by atoms with Crippen LogP contribution in [0.25, 0.3) is 0 Å². The first-order valence-electron chi connectivity index (χ1n) is 12.9. The van der Waals surface area contributed by atoms with E-state index in [9.17, 15) is 22.4 Å². The van der Waals surface area contributed by atoms with Gasteiger partial charge < -0.3 is 9.80 Å². The lowest BCUT2D eigenvalue weighted by atomic mass is 9.91. The molecule has 2 aliphatic rings. The number of piperazine rings is 1. The number of hydrogen-bond acceptors (Lipinski definition) is 3. The Labute approximate surface area is 220 Å². The molecule has 200 valence electrons. The molecule has 2 unspecified atom stereocenters. The van der Waals surface area contributed by atoms with Crippen molar-refractivity contribution in [2.45, 2.75) is 24.6 Å². The van der Waals surface area contributed by atoms with E-state index in [-0.39, 0.29) is 17.6 Å². The fraction of sp³-hybridized carbons (Fsp3) is 0.367. The van der Waals surface area contributed by atoms with Crippen LogP contribution in [0.4, 0.5) is 23.2 Å². The number of halogens is 4. The average molecular weight is 526 g/mol. The molecule has 0 N–H and O–H groups in total. The van der Waals surface area contributed by atoms with E-state index in [0.29, 0.717) is 25.3 Å². The molecular weight excluding hydrogens is 494 g/mol. The maximum absolute atomic E-state index is 13.8. The van der Waals surface area contributed by atoms with Crippen LogP contribution in [-0.4, -0.2) is 55.5 Å². The summed E-state index contributed by atoms with van der Waals surface area (Å²) in [5.41, 5.74) is 1.22. The van der Waals surface area contributed by atoms with E-state index in [4.69, 9.17) is 0 Å². The third kappa shape index (κ3) is 5.41. The highest BCUT2D eigenvalue weighted by molar-refractivity contribution is 5.92. The smallest absolute Gasteiger partial charge is 0.369 e. The molecule has 2 fully saturated rings. The molecule has 0 radical (unpaired) electrons. The topological polar surface area (TPSA) is 26.8 Å². The average Bonchev–Trinajstić information content (AvgIpc) is 3.64. The van der Waals surface area contributed by atoms with Crippen LogP contribution < -0.4 is 4.90 Å². The Kier molecular flexibility index (Phi) is 7.18. The number of likely N-dealkylation sites (N-methyl/N-ethyl adjacent to an activating group) is 1. The minimum Gasteiger partial charge on any atom is -0.369 e. The van der Waals surface area contributed by atoms with Crippen molar-refractivity contribution in [3.8, 4) is 0 Å². The molecule has 1 saturated heterocycles. The van der Waals surface area contributed by atoms with Gasteiger partial charge in [-0.15, -0.1) is 0 Å². The molecule has 1 saturated carbocycles. The lowest BCUT2D eigenvalue weighted by Crippen LogP contribution is -2.48. The zero-order chi connectivity index (χ0) is 26.9.